The smallest absolute Gasteiger partial charge is 0.330 e. The van der Waals surface area contributed by atoms with E-state index in [4.69, 9.17) is 9.47 Å². The third-order valence-electron chi connectivity index (χ3n) is 4.44. The number of aromatic amines is 1. The summed E-state index contributed by atoms with van der Waals surface area (Å²) >= 11 is 0. The Hall–Kier alpha value is -1.44. The molecule has 0 spiro atoms. The van der Waals surface area contributed by atoms with E-state index in [-0.39, 0.29) is 0 Å². The van der Waals surface area contributed by atoms with Crippen LogP contribution in [-0.4, -0.2) is 39.6 Å². The van der Waals surface area contributed by atoms with E-state index in [2.05, 4.69) is 11.9 Å². The fourth-order valence-corrected chi connectivity index (χ4v) is 3.07. The van der Waals surface area contributed by atoms with Gasteiger partial charge in [0.25, 0.3) is 5.56 Å². The number of aromatic nitrogens is 2. The van der Waals surface area contributed by atoms with Gasteiger partial charge in [0.2, 0.25) is 0 Å². The molecular weight excluding hydrogens is 288 g/mol. The van der Waals surface area contributed by atoms with Crippen molar-refractivity contribution in [2.24, 2.45) is 0 Å². The van der Waals surface area contributed by atoms with Crippen molar-refractivity contribution in [1.29, 1.82) is 0 Å². The van der Waals surface area contributed by atoms with Crippen LogP contribution < -0.4 is 11.2 Å². The molecule has 7 heteroatoms. The van der Waals surface area contributed by atoms with Gasteiger partial charge in [0.15, 0.2) is 6.23 Å². The summed E-state index contributed by atoms with van der Waals surface area (Å²) in [4.78, 5) is 25.4. The van der Waals surface area contributed by atoms with Crippen molar-refractivity contribution in [3.63, 3.8) is 0 Å². The summed E-state index contributed by atoms with van der Waals surface area (Å²) in [5, 5.41) is 10.7. The molecule has 2 rings (SSSR count). The van der Waals surface area contributed by atoms with Gasteiger partial charge >= 0.3 is 5.69 Å². The van der Waals surface area contributed by atoms with Crippen LogP contribution in [0.4, 0.5) is 0 Å². The molecule has 1 aliphatic rings. The van der Waals surface area contributed by atoms with Crippen LogP contribution in [0.5, 0.6) is 0 Å². The van der Waals surface area contributed by atoms with Gasteiger partial charge in [-0.25, -0.2) is 4.79 Å². The number of methoxy groups -OCH3 is 1. The normalized spacial score (nSPS) is 31.5. The summed E-state index contributed by atoms with van der Waals surface area (Å²) in [6.45, 7) is 4.02. The summed E-state index contributed by atoms with van der Waals surface area (Å²) < 4.78 is 12.7. The summed E-state index contributed by atoms with van der Waals surface area (Å²) in [6, 6.07) is 1.25. The van der Waals surface area contributed by atoms with Crippen molar-refractivity contribution >= 4 is 0 Å². The van der Waals surface area contributed by atoms with Gasteiger partial charge in [-0.15, -0.1) is 0 Å². The molecule has 0 saturated carbocycles. The first-order chi connectivity index (χ1) is 10.5. The van der Waals surface area contributed by atoms with Crippen LogP contribution in [0.3, 0.4) is 0 Å². The number of hydrogen-bond donors (Lipinski definition) is 2. The van der Waals surface area contributed by atoms with E-state index in [0.29, 0.717) is 12.8 Å². The largest absolute Gasteiger partial charge is 0.387 e. The van der Waals surface area contributed by atoms with E-state index in [1.54, 1.807) is 0 Å². The highest BCUT2D eigenvalue weighted by atomic mass is 16.6. The lowest BCUT2D eigenvalue weighted by Gasteiger charge is -2.31. The van der Waals surface area contributed by atoms with Crippen molar-refractivity contribution in [2.45, 2.75) is 63.6 Å². The van der Waals surface area contributed by atoms with Crippen molar-refractivity contribution in [3.05, 3.63) is 33.1 Å². The summed E-state index contributed by atoms with van der Waals surface area (Å²) in [7, 11) is 1.48. The van der Waals surface area contributed by atoms with Gasteiger partial charge in [0.05, 0.1) is 5.60 Å². The van der Waals surface area contributed by atoms with Gasteiger partial charge in [0.1, 0.15) is 12.2 Å². The highest BCUT2D eigenvalue weighted by Crippen LogP contribution is 2.43. The number of unbranched alkanes of at least 4 members (excludes halogenated alkanes) is 1. The zero-order chi connectivity index (χ0) is 16.3. The molecule has 0 radical (unpaired) electrons. The minimum Gasteiger partial charge on any atom is -0.387 e. The average Bonchev–Trinajstić information content (AvgIpc) is 2.78. The number of rotatable bonds is 6. The Morgan fingerprint density at radius 1 is 1.45 bits per heavy atom. The molecule has 1 saturated heterocycles. The Kier molecular flexibility index (Phi) is 5.20. The van der Waals surface area contributed by atoms with Gasteiger partial charge in [-0.3, -0.25) is 14.3 Å². The van der Waals surface area contributed by atoms with Crippen LogP contribution >= 0.6 is 0 Å². The molecule has 0 bridgehead atoms. The first kappa shape index (κ1) is 16.9. The Bertz CT molecular complexity index is 610. The number of nitrogens with zero attached hydrogens (tertiary/aromatic N) is 1. The molecule has 1 unspecified atom stereocenters. The molecule has 4 atom stereocenters. The topological polar surface area (TPSA) is 93.6 Å². The van der Waals surface area contributed by atoms with Crippen LogP contribution in [0.15, 0.2) is 21.9 Å². The highest BCUT2D eigenvalue weighted by molar-refractivity contribution is 5.02. The average molecular weight is 312 g/mol. The van der Waals surface area contributed by atoms with Crippen molar-refractivity contribution < 1.29 is 14.6 Å². The fourth-order valence-electron chi connectivity index (χ4n) is 3.07. The minimum atomic E-state index is -0.835. The molecule has 7 nitrogen and oxygen atoms in total. The van der Waals surface area contributed by atoms with Crippen molar-refractivity contribution in [3.8, 4) is 0 Å². The number of nitrogens with one attached hydrogen (secondary N) is 1. The minimum absolute atomic E-state index is 0.471. The lowest BCUT2D eigenvalue weighted by atomic mass is 9.87. The van der Waals surface area contributed by atoms with E-state index < -0.39 is 35.3 Å². The molecular formula is C15H24N2O5. The zero-order valence-corrected chi connectivity index (χ0v) is 13.2. The Labute approximate surface area is 128 Å². The monoisotopic (exact) mass is 312 g/mol. The third-order valence-corrected chi connectivity index (χ3v) is 4.44. The molecule has 1 aromatic heterocycles. The van der Waals surface area contributed by atoms with Crippen LogP contribution in [-0.2, 0) is 9.47 Å². The Morgan fingerprint density at radius 3 is 2.73 bits per heavy atom. The van der Waals surface area contributed by atoms with E-state index in [1.807, 2.05) is 6.92 Å². The molecule has 1 fully saturated rings. The number of aliphatic hydroxyl groups is 1. The fraction of sp³-hybridized carbons (Fsp3) is 0.733. The van der Waals surface area contributed by atoms with Gasteiger partial charge in [0, 0.05) is 19.4 Å². The van der Waals surface area contributed by atoms with E-state index in [9.17, 15) is 14.7 Å². The Balaban J connectivity index is 2.39. The maximum atomic E-state index is 12.0. The lowest BCUT2D eigenvalue weighted by Crippen LogP contribution is -2.43. The lowest BCUT2D eigenvalue weighted by molar-refractivity contribution is -0.113. The van der Waals surface area contributed by atoms with E-state index in [0.717, 1.165) is 12.8 Å². The van der Waals surface area contributed by atoms with Gasteiger partial charge in [-0.05, 0) is 12.8 Å². The molecule has 0 aliphatic carbocycles. The second-order valence-corrected chi connectivity index (χ2v) is 5.69. The maximum Gasteiger partial charge on any atom is 0.330 e. The predicted molar refractivity (Wildman–Crippen MR) is 80.8 cm³/mol. The molecule has 0 aromatic carbocycles. The van der Waals surface area contributed by atoms with E-state index in [1.165, 1.54) is 23.9 Å². The molecule has 22 heavy (non-hydrogen) atoms. The summed E-state index contributed by atoms with van der Waals surface area (Å²) in [5.74, 6) is 0. The quantitative estimate of drug-likeness (QED) is 0.809. The maximum absolute atomic E-state index is 12.0. The molecule has 124 valence electrons. The SMILES string of the molecule is CCCC[C@]1(CC)O[C@@H](n2ccc(=O)[nH]c2=O)C(OC)[C@H]1O. The summed E-state index contributed by atoms with van der Waals surface area (Å²) in [6.07, 6.45) is 2.31. The standard InChI is InChI=1S/C15H24N2O5/c1-4-6-8-15(5-2)12(19)11(21-3)13(22-15)17-9-7-10(18)16-14(17)20/h7,9,11-13,19H,4-6,8H2,1-3H3,(H,16,18,20)/t11?,12-,13-,15+/m1/s1. The third kappa shape index (κ3) is 2.88. The zero-order valence-electron chi connectivity index (χ0n) is 13.2. The number of aliphatic hydroxyl groups excluding tert-OH is 1. The van der Waals surface area contributed by atoms with E-state index >= 15 is 0 Å². The number of H-pyrrole nitrogens is 1. The highest BCUT2D eigenvalue weighted by Gasteiger charge is 2.54. The first-order valence-corrected chi connectivity index (χ1v) is 7.69. The van der Waals surface area contributed by atoms with Crippen LogP contribution in [0.1, 0.15) is 45.8 Å². The molecule has 0 amide bonds. The molecule has 1 aliphatic heterocycles. The van der Waals surface area contributed by atoms with Gasteiger partial charge in [-0.1, -0.05) is 26.7 Å². The number of hydrogen-bond acceptors (Lipinski definition) is 5. The molecule has 1 aromatic rings. The predicted octanol–water partition coefficient (Wildman–Crippen LogP) is 0.780. The first-order valence-electron chi connectivity index (χ1n) is 7.69. The van der Waals surface area contributed by atoms with Gasteiger partial charge in [-0.2, -0.15) is 0 Å². The van der Waals surface area contributed by atoms with Crippen LogP contribution in [0.25, 0.3) is 0 Å². The molecule has 2 N–H and O–H groups in total. The van der Waals surface area contributed by atoms with Crippen LogP contribution in [0, 0.1) is 0 Å². The van der Waals surface area contributed by atoms with Crippen LogP contribution in [0.2, 0.25) is 0 Å². The van der Waals surface area contributed by atoms with Crippen molar-refractivity contribution in [1.82, 2.24) is 9.55 Å². The second kappa shape index (κ2) is 6.76. The second-order valence-electron chi connectivity index (χ2n) is 5.69. The molecule has 2 heterocycles. The van der Waals surface area contributed by atoms with Crippen molar-refractivity contribution in [2.75, 3.05) is 7.11 Å². The number of ether oxygens (including phenoxy) is 2. The summed E-state index contributed by atoms with van der Waals surface area (Å²) in [5.41, 5.74) is -1.78. The van der Waals surface area contributed by atoms with Gasteiger partial charge < -0.3 is 14.6 Å². The Morgan fingerprint density at radius 2 is 2.18 bits per heavy atom.